The summed E-state index contributed by atoms with van der Waals surface area (Å²) in [6.07, 6.45) is 4.22. The van der Waals surface area contributed by atoms with Gasteiger partial charge in [0.2, 0.25) is 5.91 Å². The quantitative estimate of drug-likeness (QED) is 0.725. The molecule has 2 fully saturated rings. The van der Waals surface area contributed by atoms with E-state index in [2.05, 4.69) is 10.2 Å². The van der Waals surface area contributed by atoms with Crippen molar-refractivity contribution in [2.45, 2.75) is 45.1 Å². The lowest BCUT2D eigenvalue weighted by Crippen LogP contribution is -2.32. The summed E-state index contributed by atoms with van der Waals surface area (Å²) < 4.78 is 0. The van der Waals surface area contributed by atoms with Crippen molar-refractivity contribution in [1.82, 2.24) is 10.2 Å². The van der Waals surface area contributed by atoms with Gasteiger partial charge in [0, 0.05) is 32.0 Å². The Balaban J connectivity index is 1.59. The van der Waals surface area contributed by atoms with E-state index in [4.69, 9.17) is 5.11 Å². The summed E-state index contributed by atoms with van der Waals surface area (Å²) in [6, 6.07) is 0.816. The zero-order chi connectivity index (χ0) is 13.8. The van der Waals surface area contributed by atoms with Gasteiger partial charge in [0.1, 0.15) is 0 Å². The van der Waals surface area contributed by atoms with Crippen LogP contribution in [0.4, 0.5) is 0 Å². The Morgan fingerprint density at radius 1 is 1.32 bits per heavy atom. The number of likely N-dealkylation sites (tertiary alicyclic amines) is 1. The molecule has 2 unspecified atom stereocenters. The van der Waals surface area contributed by atoms with E-state index in [1.54, 1.807) is 6.92 Å². The average molecular weight is 268 g/mol. The minimum absolute atomic E-state index is 0.0152. The van der Waals surface area contributed by atoms with Crippen molar-refractivity contribution in [2.24, 2.45) is 11.8 Å². The predicted octanol–water partition coefficient (Wildman–Crippen LogP) is 1.09. The van der Waals surface area contributed by atoms with Crippen LogP contribution in [0.15, 0.2) is 0 Å². The van der Waals surface area contributed by atoms with Crippen LogP contribution in [0.3, 0.4) is 0 Å². The van der Waals surface area contributed by atoms with Crippen molar-refractivity contribution < 1.29 is 14.7 Å². The fourth-order valence-electron chi connectivity index (χ4n) is 2.82. The lowest BCUT2D eigenvalue weighted by molar-refractivity contribution is -0.138. The molecule has 0 radical (unpaired) electrons. The summed E-state index contributed by atoms with van der Waals surface area (Å²) in [7, 11) is 0. The highest BCUT2D eigenvalue weighted by molar-refractivity contribution is 5.77. The molecule has 1 saturated carbocycles. The summed E-state index contributed by atoms with van der Waals surface area (Å²) in [5.74, 6) is -0.377. The van der Waals surface area contributed by atoms with Crippen LogP contribution in [0.25, 0.3) is 0 Å². The molecule has 2 rings (SSSR count). The number of hydrogen-bond acceptors (Lipinski definition) is 3. The van der Waals surface area contributed by atoms with Crippen LogP contribution in [0.5, 0.6) is 0 Å². The maximum absolute atomic E-state index is 11.7. The molecule has 2 aliphatic rings. The predicted molar refractivity (Wildman–Crippen MR) is 71.7 cm³/mol. The van der Waals surface area contributed by atoms with E-state index in [1.165, 1.54) is 25.8 Å². The Bertz CT molecular complexity index is 342. The zero-order valence-corrected chi connectivity index (χ0v) is 11.6. The third-order valence-electron chi connectivity index (χ3n) is 4.03. The van der Waals surface area contributed by atoms with Crippen LogP contribution >= 0.6 is 0 Å². The van der Waals surface area contributed by atoms with Crippen molar-refractivity contribution in [3.8, 4) is 0 Å². The Morgan fingerprint density at radius 2 is 2.05 bits per heavy atom. The van der Waals surface area contributed by atoms with Crippen molar-refractivity contribution in [2.75, 3.05) is 19.6 Å². The maximum atomic E-state index is 11.7. The van der Waals surface area contributed by atoms with Gasteiger partial charge in [-0.15, -0.1) is 0 Å². The van der Waals surface area contributed by atoms with Crippen molar-refractivity contribution >= 4 is 11.9 Å². The number of carboxylic acid groups (broad SMARTS) is 1. The molecule has 0 spiro atoms. The largest absolute Gasteiger partial charge is 0.481 e. The van der Waals surface area contributed by atoms with E-state index in [0.717, 1.165) is 19.1 Å². The summed E-state index contributed by atoms with van der Waals surface area (Å²) in [5, 5.41) is 11.6. The first-order valence-corrected chi connectivity index (χ1v) is 7.27. The van der Waals surface area contributed by atoms with Crippen molar-refractivity contribution in [1.29, 1.82) is 0 Å². The third-order valence-corrected chi connectivity index (χ3v) is 4.03. The highest BCUT2D eigenvalue weighted by Crippen LogP contribution is 2.31. The number of carbonyl (C=O) groups is 2. The lowest BCUT2D eigenvalue weighted by atomic mass is 10.0. The maximum Gasteiger partial charge on any atom is 0.303 e. The van der Waals surface area contributed by atoms with Gasteiger partial charge >= 0.3 is 5.97 Å². The number of aliphatic carboxylic acids is 1. The molecular weight excluding hydrogens is 244 g/mol. The summed E-state index contributed by atoms with van der Waals surface area (Å²) in [6.45, 7) is 4.82. The highest BCUT2D eigenvalue weighted by Gasteiger charge is 2.34. The monoisotopic (exact) mass is 268 g/mol. The van der Waals surface area contributed by atoms with Crippen LogP contribution in [-0.4, -0.2) is 47.6 Å². The van der Waals surface area contributed by atoms with Crippen LogP contribution in [-0.2, 0) is 9.59 Å². The van der Waals surface area contributed by atoms with E-state index in [9.17, 15) is 9.59 Å². The number of carbonyl (C=O) groups excluding carboxylic acids is 1. The Hall–Kier alpha value is -1.10. The van der Waals surface area contributed by atoms with E-state index < -0.39 is 5.97 Å². The van der Waals surface area contributed by atoms with Crippen LogP contribution in [0.2, 0.25) is 0 Å². The van der Waals surface area contributed by atoms with E-state index in [-0.39, 0.29) is 18.2 Å². The van der Waals surface area contributed by atoms with Gasteiger partial charge in [-0.05, 0) is 37.6 Å². The standard InChI is InChI=1S/C14H24N2O3/c1-10(7-14(18)19)6-13(17)15-8-11-4-5-16(9-11)12-2-3-12/h10-12H,2-9H2,1H3,(H,15,17)(H,18,19). The van der Waals surface area contributed by atoms with Gasteiger partial charge in [0.25, 0.3) is 0 Å². The minimum Gasteiger partial charge on any atom is -0.481 e. The summed E-state index contributed by atoms with van der Waals surface area (Å²) in [4.78, 5) is 24.8. The van der Waals surface area contributed by atoms with E-state index in [1.807, 2.05) is 0 Å². The van der Waals surface area contributed by atoms with Gasteiger partial charge in [-0.2, -0.15) is 0 Å². The average Bonchev–Trinajstić information content (AvgIpc) is 3.05. The second-order valence-corrected chi connectivity index (χ2v) is 6.09. The third kappa shape index (κ3) is 4.82. The van der Waals surface area contributed by atoms with E-state index in [0.29, 0.717) is 12.3 Å². The van der Waals surface area contributed by atoms with E-state index >= 15 is 0 Å². The van der Waals surface area contributed by atoms with Gasteiger partial charge in [-0.3, -0.25) is 9.59 Å². The molecular formula is C14H24N2O3. The van der Waals surface area contributed by atoms with Gasteiger partial charge in [0.15, 0.2) is 0 Å². The van der Waals surface area contributed by atoms with Crippen molar-refractivity contribution in [3.63, 3.8) is 0 Å². The smallest absolute Gasteiger partial charge is 0.303 e. The lowest BCUT2D eigenvalue weighted by Gasteiger charge is -2.15. The first-order chi connectivity index (χ1) is 9.04. The van der Waals surface area contributed by atoms with Crippen LogP contribution in [0, 0.1) is 11.8 Å². The molecule has 1 saturated heterocycles. The molecule has 5 heteroatoms. The molecule has 1 amide bonds. The number of nitrogens with one attached hydrogen (secondary N) is 1. The second-order valence-electron chi connectivity index (χ2n) is 6.09. The fourth-order valence-corrected chi connectivity index (χ4v) is 2.82. The van der Waals surface area contributed by atoms with Crippen LogP contribution in [0.1, 0.15) is 39.0 Å². The molecule has 5 nitrogen and oxygen atoms in total. The summed E-state index contributed by atoms with van der Waals surface area (Å²) >= 11 is 0. The molecule has 2 atom stereocenters. The molecule has 1 aliphatic carbocycles. The van der Waals surface area contributed by atoms with Gasteiger partial charge in [-0.1, -0.05) is 6.92 Å². The Morgan fingerprint density at radius 3 is 2.68 bits per heavy atom. The SMILES string of the molecule is CC(CC(=O)O)CC(=O)NCC1CCN(C2CC2)C1. The normalized spacial score (nSPS) is 25.2. The van der Waals surface area contributed by atoms with Gasteiger partial charge < -0.3 is 15.3 Å². The van der Waals surface area contributed by atoms with Gasteiger partial charge in [-0.25, -0.2) is 0 Å². The molecule has 1 heterocycles. The molecule has 0 aromatic carbocycles. The minimum atomic E-state index is -0.837. The number of rotatable bonds is 7. The molecule has 0 aromatic rings. The first-order valence-electron chi connectivity index (χ1n) is 7.27. The molecule has 0 bridgehead atoms. The van der Waals surface area contributed by atoms with Gasteiger partial charge in [0.05, 0.1) is 0 Å². The molecule has 1 aliphatic heterocycles. The Kier molecular flexibility index (Phi) is 4.80. The molecule has 108 valence electrons. The number of nitrogens with zero attached hydrogens (tertiary/aromatic N) is 1. The topological polar surface area (TPSA) is 69.6 Å². The highest BCUT2D eigenvalue weighted by atomic mass is 16.4. The second kappa shape index (κ2) is 6.37. The number of carboxylic acids is 1. The van der Waals surface area contributed by atoms with Crippen LogP contribution < -0.4 is 5.32 Å². The summed E-state index contributed by atoms with van der Waals surface area (Å²) in [5.41, 5.74) is 0. The van der Waals surface area contributed by atoms with Crippen molar-refractivity contribution in [3.05, 3.63) is 0 Å². The molecule has 0 aromatic heterocycles. The molecule has 2 N–H and O–H groups in total. The first kappa shape index (κ1) is 14.3. The zero-order valence-electron chi connectivity index (χ0n) is 11.6. The number of amides is 1. The molecule has 19 heavy (non-hydrogen) atoms. The number of hydrogen-bond donors (Lipinski definition) is 2. The Labute approximate surface area is 114 Å². The fraction of sp³-hybridized carbons (Fsp3) is 0.857.